The van der Waals surface area contributed by atoms with Crippen LogP contribution in [-0.4, -0.2) is 21.0 Å². The number of carboxylic acids is 1. The second-order valence-electron chi connectivity index (χ2n) is 2.86. The molecule has 74 valence electrons. The van der Waals surface area contributed by atoms with Crippen molar-refractivity contribution in [2.45, 2.75) is 0 Å². The number of imidazole rings is 1. The van der Waals surface area contributed by atoms with Crippen LogP contribution in [0.1, 0.15) is 15.9 Å². The molecule has 0 spiro atoms. The van der Waals surface area contributed by atoms with Crippen molar-refractivity contribution in [1.29, 1.82) is 5.26 Å². The number of aromatic nitrogens is 2. The number of nitriles is 1. The molecular weight excluding hydrogens is 218 g/mol. The Morgan fingerprint density at radius 1 is 1.60 bits per heavy atom. The van der Waals surface area contributed by atoms with Crippen molar-refractivity contribution in [2.75, 3.05) is 0 Å². The minimum Gasteiger partial charge on any atom is -0.478 e. The van der Waals surface area contributed by atoms with Gasteiger partial charge in [0, 0.05) is 0 Å². The predicted octanol–water partition coefficient (Wildman–Crippen LogP) is 1.79. The van der Waals surface area contributed by atoms with E-state index in [1.54, 1.807) is 0 Å². The number of rotatable bonds is 1. The smallest absolute Gasteiger partial charge is 0.338 e. The summed E-state index contributed by atoms with van der Waals surface area (Å²) < 4.78 is 0. The maximum absolute atomic E-state index is 10.9. The molecule has 0 bridgehead atoms. The van der Waals surface area contributed by atoms with E-state index < -0.39 is 5.97 Å². The number of nitrogens with zero attached hydrogens (tertiary/aromatic N) is 2. The van der Waals surface area contributed by atoms with Crippen LogP contribution in [0, 0.1) is 11.3 Å². The van der Waals surface area contributed by atoms with Gasteiger partial charge in [0.15, 0.2) is 0 Å². The molecular formula is C9H4ClN3O2. The van der Waals surface area contributed by atoms with Gasteiger partial charge in [0.1, 0.15) is 5.52 Å². The summed E-state index contributed by atoms with van der Waals surface area (Å²) in [6.45, 7) is 0. The molecule has 2 N–H and O–H groups in total. The van der Waals surface area contributed by atoms with E-state index in [0.717, 1.165) is 0 Å². The highest BCUT2D eigenvalue weighted by Gasteiger charge is 2.13. The van der Waals surface area contributed by atoms with Crippen LogP contribution in [0.15, 0.2) is 12.1 Å². The molecule has 0 unspecified atom stereocenters. The average molecular weight is 222 g/mol. The van der Waals surface area contributed by atoms with Crippen LogP contribution in [0.2, 0.25) is 5.28 Å². The Morgan fingerprint density at radius 2 is 2.33 bits per heavy atom. The number of nitrogens with one attached hydrogen (secondary N) is 1. The number of H-pyrrole nitrogens is 1. The molecule has 0 aliphatic rings. The highest BCUT2D eigenvalue weighted by Crippen LogP contribution is 2.20. The van der Waals surface area contributed by atoms with E-state index in [9.17, 15) is 4.79 Å². The molecule has 0 radical (unpaired) electrons. The van der Waals surface area contributed by atoms with Crippen LogP contribution in [0.5, 0.6) is 0 Å². The zero-order valence-electron chi connectivity index (χ0n) is 7.28. The highest BCUT2D eigenvalue weighted by atomic mass is 35.5. The molecule has 1 heterocycles. The molecule has 1 aromatic heterocycles. The van der Waals surface area contributed by atoms with E-state index in [-0.39, 0.29) is 21.9 Å². The standard InChI is InChI=1S/C9H4ClN3O2/c10-9-12-6-2-4(3-11)1-5(8(14)15)7(6)13-9/h1-2H,(H,12,13)(H,14,15). The zero-order valence-corrected chi connectivity index (χ0v) is 8.04. The summed E-state index contributed by atoms with van der Waals surface area (Å²) >= 11 is 5.61. The number of carbonyl (C=O) groups is 1. The van der Waals surface area contributed by atoms with Crippen molar-refractivity contribution in [3.63, 3.8) is 0 Å². The van der Waals surface area contributed by atoms with E-state index in [1.165, 1.54) is 12.1 Å². The Labute approximate surface area is 88.9 Å². The third-order valence-electron chi connectivity index (χ3n) is 1.92. The molecule has 0 amide bonds. The van der Waals surface area contributed by atoms with Gasteiger partial charge in [-0.3, -0.25) is 0 Å². The summed E-state index contributed by atoms with van der Waals surface area (Å²) in [5.41, 5.74) is 0.912. The lowest BCUT2D eigenvalue weighted by atomic mass is 10.1. The third kappa shape index (κ3) is 1.51. The van der Waals surface area contributed by atoms with E-state index in [4.69, 9.17) is 22.0 Å². The monoisotopic (exact) mass is 221 g/mol. The second kappa shape index (κ2) is 3.26. The maximum atomic E-state index is 10.9. The lowest BCUT2D eigenvalue weighted by Gasteiger charge is -1.96. The topological polar surface area (TPSA) is 89.8 Å². The number of benzene rings is 1. The SMILES string of the molecule is N#Cc1cc(C(=O)O)c2nc(Cl)[nH]c2c1. The van der Waals surface area contributed by atoms with Crippen LogP contribution in [0.25, 0.3) is 11.0 Å². The van der Waals surface area contributed by atoms with Gasteiger partial charge in [-0.15, -0.1) is 0 Å². The van der Waals surface area contributed by atoms with Gasteiger partial charge in [-0.1, -0.05) is 0 Å². The minimum atomic E-state index is -1.14. The fraction of sp³-hybridized carbons (Fsp3) is 0. The molecule has 0 atom stereocenters. The van der Waals surface area contributed by atoms with Crippen molar-refractivity contribution < 1.29 is 9.90 Å². The molecule has 0 aliphatic heterocycles. The lowest BCUT2D eigenvalue weighted by Crippen LogP contribution is -1.98. The molecule has 15 heavy (non-hydrogen) atoms. The normalized spacial score (nSPS) is 10.1. The molecule has 2 aromatic rings. The highest BCUT2D eigenvalue weighted by molar-refractivity contribution is 6.29. The van der Waals surface area contributed by atoms with Crippen LogP contribution < -0.4 is 0 Å². The van der Waals surface area contributed by atoms with E-state index >= 15 is 0 Å². The van der Waals surface area contributed by atoms with Gasteiger partial charge >= 0.3 is 5.97 Å². The molecule has 0 saturated carbocycles. The number of aromatic amines is 1. The molecule has 6 heteroatoms. The number of hydrogen-bond donors (Lipinski definition) is 2. The molecule has 0 saturated heterocycles. The fourth-order valence-electron chi connectivity index (χ4n) is 1.32. The Balaban J connectivity index is 2.87. The Kier molecular flexibility index (Phi) is 2.06. The average Bonchev–Trinajstić information content (AvgIpc) is 2.55. The van der Waals surface area contributed by atoms with E-state index in [1.807, 2.05) is 6.07 Å². The number of hydrogen-bond acceptors (Lipinski definition) is 3. The third-order valence-corrected chi connectivity index (χ3v) is 2.10. The molecule has 5 nitrogen and oxygen atoms in total. The van der Waals surface area contributed by atoms with Gasteiger partial charge in [-0.25, -0.2) is 9.78 Å². The number of carboxylic acid groups (broad SMARTS) is 1. The van der Waals surface area contributed by atoms with Crippen molar-refractivity contribution in [3.05, 3.63) is 28.5 Å². The molecule has 0 aliphatic carbocycles. The van der Waals surface area contributed by atoms with Gasteiger partial charge < -0.3 is 10.1 Å². The summed E-state index contributed by atoms with van der Waals surface area (Å²) in [4.78, 5) is 17.4. The Hall–Kier alpha value is -2.06. The van der Waals surface area contributed by atoms with Crippen molar-refractivity contribution in [3.8, 4) is 6.07 Å². The van der Waals surface area contributed by atoms with Crippen LogP contribution >= 0.6 is 11.6 Å². The quantitative estimate of drug-likeness (QED) is 0.768. The number of fused-ring (bicyclic) bond motifs is 1. The van der Waals surface area contributed by atoms with Crippen molar-refractivity contribution in [1.82, 2.24) is 9.97 Å². The fourth-order valence-corrected chi connectivity index (χ4v) is 1.50. The first-order chi connectivity index (χ1) is 7.11. The number of aromatic carboxylic acids is 1. The zero-order chi connectivity index (χ0) is 11.0. The van der Waals surface area contributed by atoms with Gasteiger partial charge in [-0.2, -0.15) is 5.26 Å². The van der Waals surface area contributed by atoms with Crippen LogP contribution in [0.4, 0.5) is 0 Å². The van der Waals surface area contributed by atoms with E-state index in [0.29, 0.717) is 5.52 Å². The first-order valence-corrected chi connectivity index (χ1v) is 4.32. The molecule has 0 fully saturated rings. The van der Waals surface area contributed by atoms with Crippen molar-refractivity contribution in [2.24, 2.45) is 0 Å². The molecule has 1 aromatic carbocycles. The van der Waals surface area contributed by atoms with Gasteiger partial charge in [0.05, 0.1) is 22.7 Å². The summed E-state index contributed by atoms with van der Waals surface area (Å²) in [5, 5.41) is 17.7. The lowest BCUT2D eigenvalue weighted by molar-refractivity contribution is 0.0699. The van der Waals surface area contributed by atoms with Gasteiger partial charge in [0.2, 0.25) is 5.28 Å². The largest absolute Gasteiger partial charge is 0.478 e. The minimum absolute atomic E-state index is 0.0350. The van der Waals surface area contributed by atoms with E-state index in [2.05, 4.69) is 9.97 Å². The van der Waals surface area contributed by atoms with Crippen LogP contribution in [-0.2, 0) is 0 Å². The Morgan fingerprint density at radius 3 is 2.93 bits per heavy atom. The first-order valence-electron chi connectivity index (χ1n) is 3.94. The predicted molar refractivity (Wildman–Crippen MR) is 52.8 cm³/mol. The van der Waals surface area contributed by atoms with Crippen molar-refractivity contribution >= 4 is 28.6 Å². The molecule has 2 rings (SSSR count). The summed E-state index contributed by atoms with van der Waals surface area (Å²) in [7, 11) is 0. The summed E-state index contributed by atoms with van der Waals surface area (Å²) in [5.74, 6) is -1.14. The Bertz CT molecular complexity index is 597. The van der Waals surface area contributed by atoms with Gasteiger partial charge in [0.25, 0.3) is 0 Å². The summed E-state index contributed by atoms with van der Waals surface area (Å²) in [6.07, 6.45) is 0. The summed E-state index contributed by atoms with van der Waals surface area (Å²) in [6, 6.07) is 4.64. The second-order valence-corrected chi connectivity index (χ2v) is 3.22. The maximum Gasteiger partial charge on any atom is 0.338 e. The van der Waals surface area contributed by atoms with Crippen LogP contribution in [0.3, 0.4) is 0 Å². The number of halogens is 1. The van der Waals surface area contributed by atoms with Gasteiger partial charge in [-0.05, 0) is 23.7 Å². The first kappa shape index (κ1) is 9.49.